The number of hydrogen-bond donors (Lipinski definition) is 2. The van der Waals surface area contributed by atoms with E-state index in [-0.39, 0.29) is 5.75 Å². The molecule has 0 aliphatic heterocycles. The van der Waals surface area contributed by atoms with Crippen LogP contribution in [0.5, 0.6) is 5.75 Å². The lowest BCUT2D eigenvalue weighted by atomic mass is 10.1. The van der Waals surface area contributed by atoms with Gasteiger partial charge in [0.05, 0.1) is 0 Å². The lowest BCUT2D eigenvalue weighted by molar-refractivity contribution is 0.464. The third-order valence-electron chi connectivity index (χ3n) is 2.77. The van der Waals surface area contributed by atoms with Gasteiger partial charge in [0.15, 0.2) is 0 Å². The summed E-state index contributed by atoms with van der Waals surface area (Å²) in [7, 11) is 0. The molecule has 0 aliphatic rings. The molecule has 2 rings (SSSR count). The molecule has 0 saturated heterocycles. The Kier molecular flexibility index (Phi) is 4.24. The highest BCUT2D eigenvalue weighted by molar-refractivity contribution is 6.30. The zero-order chi connectivity index (χ0) is 13.0. The third-order valence-corrected chi connectivity index (χ3v) is 3.00. The fourth-order valence-corrected chi connectivity index (χ4v) is 2.05. The molecule has 2 nitrogen and oxygen atoms in total. The lowest BCUT2D eigenvalue weighted by Crippen LogP contribution is -2.12. The van der Waals surface area contributed by atoms with Crippen LogP contribution in [0.1, 0.15) is 16.7 Å². The first-order chi connectivity index (χ1) is 8.65. The van der Waals surface area contributed by atoms with Crippen molar-refractivity contribution in [2.75, 3.05) is 0 Å². The minimum atomic E-state index is 0.274. The van der Waals surface area contributed by atoms with Gasteiger partial charge in [-0.2, -0.15) is 0 Å². The number of hydrogen-bond acceptors (Lipinski definition) is 2. The standard InChI is InChI=1S/C15H16ClNO/c1-11-3-2-4-12(7-11)9-17-10-13-8-14(16)5-6-15(13)18/h2-8,17-18H,9-10H2,1H3. The van der Waals surface area contributed by atoms with Gasteiger partial charge in [-0.3, -0.25) is 0 Å². The van der Waals surface area contributed by atoms with E-state index in [1.54, 1.807) is 18.2 Å². The molecule has 0 spiro atoms. The van der Waals surface area contributed by atoms with Crippen LogP contribution < -0.4 is 5.32 Å². The van der Waals surface area contributed by atoms with Gasteiger partial charge in [0.2, 0.25) is 0 Å². The Morgan fingerprint density at radius 1 is 1.11 bits per heavy atom. The molecule has 2 N–H and O–H groups in total. The normalized spacial score (nSPS) is 10.6. The zero-order valence-electron chi connectivity index (χ0n) is 10.3. The van der Waals surface area contributed by atoms with E-state index in [4.69, 9.17) is 11.6 Å². The van der Waals surface area contributed by atoms with Gasteiger partial charge in [0.25, 0.3) is 0 Å². The second-order valence-corrected chi connectivity index (χ2v) is 4.80. The van der Waals surface area contributed by atoms with E-state index in [0.29, 0.717) is 11.6 Å². The number of rotatable bonds is 4. The number of aryl methyl sites for hydroxylation is 1. The number of halogens is 1. The van der Waals surface area contributed by atoms with Crippen molar-refractivity contribution in [2.45, 2.75) is 20.0 Å². The average molecular weight is 262 g/mol. The summed E-state index contributed by atoms with van der Waals surface area (Å²) >= 11 is 5.89. The Balaban J connectivity index is 1.94. The summed E-state index contributed by atoms with van der Waals surface area (Å²) < 4.78 is 0. The van der Waals surface area contributed by atoms with Gasteiger partial charge in [-0.05, 0) is 30.7 Å². The minimum Gasteiger partial charge on any atom is -0.508 e. The van der Waals surface area contributed by atoms with Crippen LogP contribution in [0, 0.1) is 6.92 Å². The van der Waals surface area contributed by atoms with Gasteiger partial charge in [-0.15, -0.1) is 0 Å². The number of nitrogens with one attached hydrogen (secondary N) is 1. The van der Waals surface area contributed by atoms with Gasteiger partial charge < -0.3 is 10.4 Å². The summed E-state index contributed by atoms with van der Waals surface area (Å²) in [5.41, 5.74) is 3.30. The number of benzene rings is 2. The van der Waals surface area contributed by atoms with Crippen LogP contribution in [0.4, 0.5) is 0 Å². The molecule has 0 unspecified atom stereocenters. The van der Waals surface area contributed by atoms with Crippen molar-refractivity contribution in [3.05, 3.63) is 64.2 Å². The molecule has 0 amide bonds. The quantitative estimate of drug-likeness (QED) is 0.881. The van der Waals surface area contributed by atoms with Crippen molar-refractivity contribution in [3.8, 4) is 5.75 Å². The largest absolute Gasteiger partial charge is 0.508 e. The molecule has 0 saturated carbocycles. The van der Waals surface area contributed by atoms with E-state index in [9.17, 15) is 5.11 Å². The molecular weight excluding hydrogens is 246 g/mol. The average Bonchev–Trinajstić information content (AvgIpc) is 2.34. The molecule has 2 aromatic carbocycles. The van der Waals surface area contributed by atoms with E-state index in [1.165, 1.54) is 11.1 Å². The maximum absolute atomic E-state index is 9.68. The Labute approximate surface area is 112 Å². The van der Waals surface area contributed by atoms with E-state index in [0.717, 1.165) is 12.1 Å². The summed E-state index contributed by atoms with van der Waals surface area (Å²) in [6.07, 6.45) is 0. The summed E-state index contributed by atoms with van der Waals surface area (Å²) in [4.78, 5) is 0. The second-order valence-electron chi connectivity index (χ2n) is 4.37. The molecule has 0 heterocycles. The van der Waals surface area contributed by atoms with Crippen molar-refractivity contribution < 1.29 is 5.11 Å². The zero-order valence-corrected chi connectivity index (χ0v) is 11.0. The topological polar surface area (TPSA) is 32.3 Å². The van der Waals surface area contributed by atoms with E-state index >= 15 is 0 Å². The SMILES string of the molecule is Cc1cccc(CNCc2cc(Cl)ccc2O)c1. The van der Waals surface area contributed by atoms with Crippen LogP contribution in [0.15, 0.2) is 42.5 Å². The number of aromatic hydroxyl groups is 1. The van der Waals surface area contributed by atoms with Gasteiger partial charge in [-0.25, -0.2) is 0 Å². The highest BCUT2D eigenvalue weighted by Crippen LogP contribution is 2.21. The van der Waals surface area contributed by atoms with Crippen LogP contribution in [0.25, 0.3) is 0 Å². The fourth-order valence-electron chi connectivity index (χ4n) is 1.86. The van der Waals surface area contributed by atoms with Gasteiger partial charge in [0, 0.05) is 23.7 Å². The molecule has 2 aromatic rings. The Bertz CT molecular complexity index is 540. The number of phenols is 1. The van der Waals surface area contributed by atoms with E-state index in [2.05, 4.69) is 30.4 Å². The van der Waals surface area contributed by atoms with Crippen LogP contribution in [-0.2, 0) is 13.1 Å². The summed E-state index contributed by atoms with van der Waals surface area (Å²) in [5.74, 6) is 0.274. The van der Waals surface area contributed by atoms with Gasteiger partial charge in [-0.1, -0.05) is 41.4 Å². The Hall–Kier alpha value is -1.51. The van der Waals surface area contributed by atoms with Gasteiger partial charge >= 0.3 is 0 Å². The maximum atomic E-state index is 9.68. The van der Waals surface area contributed by atoms with Crippen molar-refractivity contribution in [2.24, 2.45) is 0 Å². The predicted molar refractivity (Wildman–Crippen MR) is 74.8 cm³/mol. The minimum absolute atomic E-state index is 0.274. The van der Waals surface area contributed by atoms with Crippen molar-refractivity contribution in [3.63, 3.8) is 0 Å². The lowest BCUT2D eigenvalue weighted by Gasteiger charge is -2.08. The van der Waals surface area contributed by atoms with Crippen LogP contribution in [0.2, 0.25) is 5.02 Å². The molecular formula is C15H16ClNO. The highest BCUT2D eigenvalue weighted by Gasteiger charge is 2.01. The summed E-state index contributed by atoms with van der Waals surface area (Å²) in [6, 6.07) is 13.4. The van der Waals surface area contributed by atoms with Crippen molar-refractivity contribution in [1.82, 2.24) is 5.32 Å². The highest BCUT2D eigenvalue weighted by atomic mass is 35.5. The molecule has 0 radical (unpaired) electrons. The third kappa shape index (κ3) is 3.49. The molecule has 0 fully saturated rings. The molecule has 94 valence electrons. The molecule has 3 heteroatoms. The second kappa shape index (κ2) is 5.89. The van der Waals surface area contributed by atoms with Gasteiger partial charge in [0.1, 0.15) is 5.75 Å². The molecule has 0 atom stereocenters. The predicted octanol–water partition coefficient (Wildman–Crippen LogP) is 3.64. The Morgan fingerprint density at radius 3 is 2.72 bits per heavy atom. The fraction of sp³-hybridized carbons (Fsp3) is 0.200. The molecule has 0 aromatic heterocycles. The summed E-state index contributed by atoms with van der Waals surface area (Å²) in [6.45, 7) is 3.44. The first-order valence-corrected chi connectivity index (χ1v) is 6.26. The van der Waals surface area contributed by atoms with Crippen molar-refractivity contribution in [1.29, 1.82) is 0 Å². The molecule has 0 aliphatic carbocycles. The van der Waals surface area contributed by atoms with E-state index in [1.807, 2.05) is 6.07 Å². The van der Waals surface area contributed by atoms with Crippen molar-refractivity contribution >= 4 is 11.6 Å². The molecule has 0 bridgehead atoms. The smallest absolute Gasteiger partial charge is 0.120 e. The van der Waals surface area contributed by atoms with Crippen LogP contribution >= 0.6 is 11.6 Å². The van der Waals surface area contributed by atoms with Crippen LogP contribution in [0.3, 0.4) is 0 Å². The summed E-state index contributed by atoms with van der Waals surface area (Å²) in [5, 5.41) is 13.6. The molecule has 18 heavy (non-hydrogen) atoms. The van der Waals surface area contributed by atoms with E-state index < -0.39 is 0 Å². The van der Waals surface area contributed by atoms with Crippen LogP contribution in [-0.4, -0.2) is 5.11 Å². The first-order valence-electron chi connectivity index (χ1n) is 5.89. The number of phenolic OH excluding ortho intramolecular Hbond substituents is 1. The maximum Gasteiger partial charge on any atom is 0.120 e. The monoisotopic (exact) mass is 261 g/mol. The first kappa shape index (κ1) is 12.9. The Morgan fingerprint density at radius 2 is 1.94 bits per heavy atom.